The van der Waals surface area contributed by atoms with Crippen LogP contribution in [0.15, 0.2) is 0 Å². The molecule has 0 amide bonds. The summed E-state index contributed by atoms with van der Waals surface area (Å²) in [5.41, 5.74) is 0. The van der Waals surface area contributed by atoms with Crippen LogP contribution in [0, 0.1) is 0 Å². The van der Waals surface area contributed by atoms with E-state index in [-0.39, 0.29) is 78.9 Å². The Labute approximate surface area is 154 Å². The summed E-state index contributed by atoms with van der Waals surface area (Å²) in [5, 5.41) is 20.1. The second-order valence-corrected chi connectivity index (χ2v) is 3.31. The molecule has 0 aliphatic carbocycles. The van der Waals surface area contributed by atoms with Crippen LogP contribution in [0.1, 0.15) is 19.3 Å². The van der Waals surface area contributed by atoms with Crippen LogP contribution in [0.2, 0.25) is 0 Å². The number of rotatable bonds is 13. The molecule has 0 aliphatic rings. The first-order valence-electron chi connectivity index (χ1n) is 5.81. The van der Waals surface area contributed by atoms with Gasteiger partial charge in [-0.05, 0) is 6.42 Å². The third-order valence-corrected chi connectivity index (χ3v) is 1.90. The molecule has 0 bridgehead atoms. The van der Waals surface area contributed by atoms with E-state index in [1.807, 2.05) is 0 Å². The summed E-state index contributed by atoms with van der Waals surface area (Å²) in [4.78, 5) is 0. The molecule has 0 N–H and O–H groups in total. The fourth-order valence-electron chi connectivity index (χ4n) is 1.08. The van der Waals surface area contributed by atoms with Crippen LogP contribution in [-0.2, 0) is 14.2 Å². The molecule has 0 aliphatic heterocycles. The van der Waals surface area contributed by atoms with Gasteiger partial charge < -0.3 is 24.4 Å². The van der Waals surface area contributed by atoms with Gasteiger partial charge in [0.15, 0.2) is 0 Å². The monoisotopic (exact) mass is 280 g/mol. The average molecular weight is 280 g/mol. The Morgan fingerprint density at radius 1 is 0.500 bits per heavy atom. The van der Waals surface area contributed by atoms with E-state index < -0.39 is 0 Å². The number of unbranched alkanes of at least 4 members (excludes halogenated alkanes) is 2. The molecule has 7 heteroatoms. The van der Waals surface area contributed by atoms with E-state index >= 15 is 0 Å². The minimum atomic E-state index is -0.202. The Balaban J connectivity index is -0.00000112. The Morgan fingerprint density at radius 3 is 1.50 bits per heavy atom. The summed E-state index contributed by atoms with van der Waals surface area (Å²) >= 11 is 0. The van der Waals surface area contributed by atoms with Crippen molar-refractivity contribution in [3.05, 3.63) is 0 Å². The van der Waals surface area contributed by atoms with Gasteiger partial charge in [-0.25, -0.2) is 0 Å². The predicted octanol–water partition coefficient (Wildman–Crippen LogP) is -7.06. The van der Waals surface area contributed by atoms with Crippen LogP contribution in [0.3, 0.4) is 0 Å². The van der Waals surface area contributed by atoms with Crippen LogP contribution >= 0.6 is 0 Å². The molecule has 0 fully saturated rings. The molecule has 0 heterocycles. The maximum absolute atomic E-state index is 10.1. The van der Waals surface area contributed by atoms with Crippen molar-refractivity contribution >= 4 is 0 Å². The third-order valence-electron chi connectivity index (χ3n) is 1.90. The van der Waals surface area contributed by atoms with Crippen molar-refractivity contribution in [2.24, 2.45) is 0 Å². The zero-order chi connectivity index (χ0) is 11.9. The maximum Gasteiger partial charge on any atom is 1.00 e. The predicted molar refractivity (Wildman–Crippen MR) is 56.0 cm³/mol. The van der Waals surface area contributed by atoms with Gasteiger partial charge in [-0.3, -0.25) is 0 Å². The van der Waals surface area contributed by atoms with E-state index in [0.717, 1.165) is 19.3 Å². The fraction of sp³-hybridized carbons (Fsp3) is 1.00. The summed E-state index contributed by atoms with van der Waals surface area (Å²) in [7, 11) is 0. The van der Waals surface area contributed by atoms with Crippen molar-refractivity contribution in [2.45, 2.75) is 19.3 Å². The summed E-state index contributed by atoms with van der Waals surface area (Å²) in [6.45, 7) is 2.82. The number of hydrogen-bond donors (Lipinski definition) is 0. The van der Waals surface area contributed by atoms with Crippen molar-refractivity contribution in [2.75, 3.05) is 52.9 Å². The molecular formula is C11H22Na2O5. The summed E-state index contributed by atoms with van der Waals surface area (Å²) in [6, 6.07) is 0. The first kappa shape index (κ1) is 24.8. The van der Waals surface area contributed by atoms with E-state index in [4.69, 9.17) is 14.2 Å². The minimum Gasteiger partial charge on any atom is -0.854 e. The van der Waals surface area contributed by atoms with Crippen molar-refractivity contribution in [1.29, 1.82) is 0 Å². The van der Waals surface area contributed by atoms with E-state index in [0.29, 0.717) is 33.0 Å². The van der Waals surface area contributed by atoms with E-state index in [1.165, 1.54) is 0 Å². The summed E-state index contributed by atoms with van der Waals surface area (Å²) in [6.07, 6.45) is 2.61. The van der Waals surface area contributed by atoms with Crippen LogP contribution in [0.5, 0.6) is 0 Å². The molecule has 98 valence electrons. The zero-order valence-corrected chi connectivity index (χ0v) is 15.8. The zero-order valence-electron chi connectivity index (χ0n) is 11.8. The molecule has 0 saturated heterocycles. The topological polar surface area (TPSA) is 73.8 Å². The normalized spacial score (nSPS) is 9.67. The fourth-order valence-corrected chi connectivity index (χ4v) is 1.08. The molecular weight excluding hydrogens is 258 g/mol. The van der Waals surface area contributed by atoms with Crippen molar-refractivity contribution in [3.8, 4) is 0 Å². The van der Waals surface area contributed by atoms with Gasteiger partial charge in [0.2, 0.25) is 0 Å². The standard InChI is InChI=1S/C11H22O5.2Na/c12-4-2-1-3-6-14-8-10-16-11-9-15-7-5-13;;/h1-11H2;;/q-2;2*+1. The molecule has 0 rings (SSSR count). The van der Waals surface area contributed by atoms with Crippen LogP contribution in [0.4, 0.5) is 0 Å². The minimum absolute atomic E-state index is 0. The second kappa shape index (κ2) is 23.9. The van der Waals surface area contributed by atoms with Gasteiger partial charge in [-0.15, -0.1) is 13.2 Å². The summed E-state index contributed by atoms with van der Waals surface area (Å²) in [5.74, 6) is 0. The van der Waals surface area contributed by atoms with Gasteiger partial charge in [-0.2, -0.15) is 0 Å². The van der Waals surface area contributed by atoms with Gasteiger partial charge in [-0.1, -0.05) is 12.8 Å². The Hall–Kier alpha value is 1.80. The molecule has 0 unspecified atom stereocenters. The van der Waals surface area contributed by atoms with Gasteiger partial charge in [0.05, 0.1) is 26.4 Å². The second-order valence-electron chi connectivity index (χ2n) is 3.31. The molecule has 5 nitrogen and oxygen atoms in total. The van der Waals surface area contributed by atoms with Gasteiger partial charge in [0.1, 0.15) is 0 Å². The average Bonchev–Trinajstić information content (AvgIpc) is 2.31. The SMILES string of the molecule is [Na+].[Na+].[O-]CCCCCOCCOCCOCC[O-]. The molecule has 0 aromatic rings. The molecule has 0 spiro atoms. The Bertz CT molecular complexity index is 116. The molecule has 0 aromatic carbocycles. The smallest absolute Gasteiger partial charge is 0.854 e. The van der Waals surface area contributed by atoms with Crippen molar-refractivity contribution in [1.82, 2.24) is 0 Å². The van der Waals surface area contributed by atoms with Crippen molar-refractivity contribution < 1.29 is 83.5 Å². The number of hydrogen-bond acceptors (Lipinski definition) is 5. The Kier molecular flexibility index (Phi) is 32.9. The first-order valence-corrected chi connectivity index (χ1v) is 5.81. The van der Waals surface area contributed by atoms with E-state index in [1.54, 1.807) is 0 Å². The van der Waals surface area contributed by atoms with Crippen LogP contribution in [0.25, 0.3) is 0 Å². The van der Waals surface area contributed by atoms with E-state index in [2.05, 4.69) is 0 Å². The van der Waals surface area contributed by atoms with Gasteiger partial charge >= 0.3 is 59.1 Å². The van der Waals surface area contributed by atoms with Crippen LogP contribution in [-0.4, -0.2) is 52.9 Å². The largest absolute Gasteiger partial charge is 1.00 e. The molecule has 0 atom stereocenters. The Morgan fingerprint density at radius 2 is 1.00 bits per heavy atom. The third kappa shape index (κ3) is 22.9. The van der Waals surface area contributed by atoms with E-state index in [9.17, 15) is 10.2 Å². The maximum atomic E-state index is 10.1. The quantitative estimate of drug-likeness (QED) is 0.248. The molecule has 0 saturated carbocycles. The van der Waals surface area contributed by atoms with Crippen molar-refractivity contribution in [3.63, 3.8) is 0 Å². The molecule has 0 aromatic heterocycles. The summed E-state index contributed by atoms with van der Waals surface area (Å²) < 4.78 is 15.4. The number of ether oxygens (including phenoxy) is 3. The van der Waals surface area contributed by atoms with Crippen LogP contribution < -0.4 is 69.3 Å². The van der Waals surface area contributed by atoms with Gasteiger partial charge in [0.25, 0.3) is 0 Å². The molecule has 0 radical (unpaired) electrons. The molecule has 18 heavy (non-hydrogen) atoms. The van der Waals surface area contributed by atoms with Gasteiger partial charge in [0, 0.05) is 13.2 Å². The first-order chi connectivity index (χ1) is 7.91.